The van der Waals surface area contributed by atoms with Crippen LogP contribution in [0.5, 0.6) is 5.75 Å². The minimum absolute atomic E-state index is 0.0140. The third kappa shape index (κ3) is 2.62. The average molecular weight is 304 g/mol. The molecule has 0 aromatic heterocycles. The highest BCUT2D eigenvalue weighted by Crippen LogP contribution is 2.37. The molecule has 1 fully saturated rings. The molecule has 0 spiro atoms. The Kier molecular flexibility index (Phi) is 4.18. The second-order valence-corrected chi connectivity index (χ2v) is 5.72. The molecule has 1 saturated carbocycles. The Balaban J connectivity index is 1.89. The molecule has 1 aromatic carbocycles. The highest BCUT2D eigenvalue weighted by molar-refractivity contribution is 6.22. The minimum Gasteiger partial charge on any atom is -0.497 e. The molecule has 4 atom stereocenters. The monoisotopic (exact) mass is 304 g/mol. The number of hydrogen-bond acceptors (Lipinski definition) is 5. The van der Waals surface area contributed by atoms with Crippen LogP contribution in [0.3, 0.4) is 0 Å². The molecule has 4 unspecified atom stereocenters. The molecule has 22 heavy (non-hydrogen) atoms. The van der Waals surface area contributed by atoms with E-state index in [0.29, 0.717) is 18.4 Å². The quantitative estimate of drug-likeness (QED) is 0.922. The van der Waals surface area contributed by atoms with Gasteiger partial charge in [0.1, 0.15) is 11.9 Å². The maximum atomic E-state index is 12.8. The number of Topliss-reactive ketones (excluding diaryl/α,β-unsaturated/α-hetero) is 1. The molecular formula is C17H20O5. The van der Waals surface area contributed by atoms with E-state index in [4.69, 9.17) is 14.2 Å². The van der Waals surface area contributed by atoms with Crippen molar-refractivity contribution in [2.24, 2.45) is 5.92 Å². The summed E-state index contributed by atoms with van der Waals surface area (Å²) in [5.41, 5.74) is 1.34. The van der Waals surface area contributed by atoms with E-state index >= 15 is 0 Å². The van der Waals surface area contributed by atoms with E-state index in [1.807, 2.05) is 24.3 Å². The van der Waals surface area contributed by atoms with Gasteiger partial charge in [0.25, 0.3) is 0 Å². The Hall–Kier alpha value is -1.85. The van der Waals surface area contributed by atoms with Gasteiger partial charge in [-0.2, -0.15) is 0 Å². The number of ketones is 1. The predicted octanol–water partition coefficient (Wildman–Crippen LogP) is 1.79. The fourth-order valence-electron chi connectivity index (χ4n) is 3.26. The third-order valence-electron chi connectivity index (χ3n) is 4.44. The lowest BCUT2D eigenvalue weighted by Gasteiger charge is -2.40. The predicted molar refractivity (Wildman–Crippen MR) is 80.4 cm³/mol. The van der Waals surface area contributed by atoms with Crippen molar-refractivity contribution in [3.05, 3.63) is 36.1 Å². The van der Waals surface area contributed by atoms with Gasteiger partial charge in [-0.1, -0.05) is 12.1 Å². The van der Waals surface area contributed by atoms with E-state index in [2.05, 4.69) is 0 Å². The van der Waals surface area contributed by atoms with Gasteiger partial charge in [-0.05, 0) is 17.7 Å². The Morgan fingerprint density at radius 2 is 1.91 bits per heavy atom. The van der Waals surface area contributed by atoms with Crippen LogP contribution in [0, 0.1) is 5.92 Å². The highest BCUT2D eigenvalue weighted by atomic mass is 16.5. The standard InChI is InChI=1S/C17H20O5/c1-20-12-5-3-10(4-6-12)13-9-22-15-8-11(18)7-14(21-2)16(15)17(13)19/h3-6,9,11,14-16,18H,7-8H2,1-2H3. The van der Waals surface area contributed by atoms with Crippen molar-refractivity contribution >= 4 is 11.4 Å². The molecule has 0 amide bonds. The van der Waals surface area contributed by atoms with Crippen molar-refractivity contribution in [1.29, 1.82) is 0 Å². The van der Waals surface area contributed by atoms with Crippen LogP contribution in [0.2, 0.25) is 0 Å². The summed E-state index contributed by atoms with van der Waals surface area (Å²) in [6, 6.07) is 7.30. The van der Waals surface area contributed by atoms with Gasteiger partial charge >= 0.3 is 0 Å². The molecule has 3 rings (SSSR count). The third-order valence-corrected chi connectivity index (χ3v) is 4.44. The van der Waals surface area contributed by atoms with Crippen LogP contribution < -0.4 is 4.74 Å². The van der Waals surface area contributed by atoms with Gasteiger partial charge in [-0.3, -0.25) is 4.79 Å². The molecule has 1 aromatic rings. The second kappa shape index (κ2) is 6.10. The van der Waals surface area contributed by atoms with Crippen molar-refractivity contribution in [1.82, 2.24) is 0 Å². The lowest BCUT2D eigenvalue weighted by Crippen LogP contribution is -2.49. The van der Waals surface area contributed by atoms with Crippen molar-refractivity contribution in [2.45, 2.75) is 31.2 Å². The van der Waals surface area contributed by atoms with Gasteiger partial charge in [0.05, 0.1) is 37.1 Å². The zero-order valence-corrected chi connectivity index (χ0v) is 12.7. The van der Waals surface area contributed by atoms with E-state index in [-0.39, 0.29) is 23.9 Å². The molecule has 0 radical (unpaired) electrons. The minimum atomic E-state index is -0.491. The Morgan fingerprint density at radius 1 is 1.18 bits per heavy atom. The molecular weight excluding hydrogens is 284 g/mol. The summed E-state index contributed by atoms with van der Waals surface area (Å²) in [7, 11) is 3.17. The highest BCUT2D eigenvalue weighted by Gasteiger charge is 2.46. The Morgan fingerprint density at radius 3 is 2.55 bits per heavy atom. The van der Waals surface area contributed by atoms with Gasteiger partial charge in [-0.15, -0.1) is 0 Å². The van der Waals surface area contributed by atoms with E-state index < -0.39 is 6.10 Å². The number of allylic oxidation sites excluding steroid dienone is 1. The molecule has 2 aliphatic rings. The Labute approximate surface area is 129 Å². The van der Waals surface area contributed by atoms with Crippen molar-refractivity contribution in [3.8, 4) is 5.75 Å². The average Bonchev–Trinajstić information content (AvgIpc) is 2.54. The molecule has 1 aliphatic carbocycles. The van der Waals surface area contributed by atoms with Crippen molar-refractivity contribution < 1.29 is 24.1 Å². The van der Waals surface area contributed by atoms with Crippen LogP contribution in [0.4, 0.5) is 0 Å². The zero-order chi connectivity index (χ0) is 15.7. The van der Waals surface area contributed by atoms with Gasteiger partial charge in [-0.25, -0.2) is 0 Å². The van der Waals surface area contributed by atoms with Gasteiger partial charge < -0.3 is 19.3 Å². The van der Waals surface area contributed by atoms with Crippen LogP contribution in [0.25, 0.3) is 5.57 Å². The lowest BCUT2D eigenvalue weighted by atomic mass is 9.76. The first-order valence-corrected chi connectivity index (χ1v) is 7.39. The smallest absolute Gasteiger partial charge is 0.175 e. The number of fused-ring (bicyclic) bond motifs is 1. The Bertz CT molecular complexity index is 577. The van der Waals surface area contributed by atoms with Crippen molar-refractivity contribution in [3.63, 3.8) is 0 Å². The van der Waals surface area contributed by atoms with Crippen molar-refractivity contribution in [2.75, 3.05) is 14.2 Å². The largest absolute Gasteiger partial charge is 0.497 e. The summed E-state index contributed by atoms with van der Waals surface area (Å²) in [5.74, 6) is 0.387. The molecule has 1 aliphatic heterocycles. The second-order valence-electron chi connectivity index (χ2n) is 5.72. The van der Waals surface area contributed by atoms with Gasteiger partial charge in [0, 0.05) is 20.0 Å². The van der Waals surface area contributed by atoms with E-state index in [1.54, 1.807) is 14.2 Å². The fraction of sp³-hybridized carbons (Fsp3) is 0.471. The van der Waals surface area contributed by atoms with Crippen LogP contribution in [-0.4, -0.2) is 43.4 Å². The van der Waals surface area contributed by atoms with Crippen LogP contribution in [-0.2, 0) is 14.3 Å². The summed E-state index contributed by atoms with van der Waals surface area (Å²) in [5, 5.41) is 9.87. The zero-order valence-electron chi connectivity index (χ0n) is 12.7. The number of rotatable bonds is 3. The first kappa shape index (κ1) is 15.1. The molecule has 0 saturated heterocycles. The first-order valence-electron chi connectivity index (χ1n) is 7.39. The first-order chi connectivity index (χ1) is 10.6. The summed E-state index contributed by atoms with van der Waals surface area (Å²) in [4.78, 5) is 12.8. The van der Waals surface area contributed by atoms with Gasteiger partial charge in [0.15, 0.2) is 5.78 Å². The molecule has 5 nitrogen and oxygen atoms in total. The number of hydrogen-bond donors (Lipinski definition) is 1. The number of carbonyl (C=O) groups is 1. The molecule has 1 heterocycles. The van der Waals surface area contributed by atoms with Gasteiger partial charge in [0.2, 0.25) is 0 Å². The summed E-state index contributed by atoms with van der Waals surface area (Å²) in [6.45, 7) is 0. The van der Waals surface area contributed by atoms with Crippen LogP contribution in [0.1, 0.15) is 18.4 Å². The number of benzene rings is 1. The van der Waals surface area contributed by atoms with E-state index in [0.717, 1.165) is 11.3 Å². The summed E-state index contributed by atoms with van der Waals surface area (Å²) >= 11 is 0. The maximum absolute atomic E-state index is 12.8. The number of methoxy groups -OCH3 is 2. The lowest BCUT2D eigenvalue weighted by molar-refractivity contribution is -0.140. The van der Waals surface area contributed by atoms with E-state index in [9.17, 15) is 9.90 Å². The number of ether oxygens (including phenoxy) is 3. The molecule has 118 valence electrons. The molecule has 1 N–H and O–H groups in total. The molecule has 5 heteroatoms. The SMILES string of the molecule is COc1ccc(C2=COC3CC(O)CC(OC)C3C2=O)cc1. The fourth-order valence-corrected chi connectivity index (χ4v) is 3.26. The maximum Gasteiger partial charge on any atom is 0.175 e. The molecule has 0 bridgehead atoms. The van der Waals surface area contributed by atoms with Crippen LogP contribution >= 0.6 is 0 Å². The summed E-state index contributed by atoms with van der Waals surface area (Å²) in [6.07, 6.45) is 1.31. The van der Waals surface area contributed by atoms with Crippen LogP contribution in [0.15, 0.2) is 30.5 Å². The summed E-state index contributed by atoms with van der Waals surface area (Å²) < 4.78 is 16.3. The normalized spacial score (nSPS) is 31.0. The number of aliphatic hydroxyl groups excluding tert-OH is 1. The topological polar surface area (TPSA) is 65.0 Å². The van der Waals surface area contributed by atoms with E-state index in [1.165, 1.54) is 6.26 Å². The number of carbonyl (C=O) groups excluding carboxylic acids is 1. The number of aliphatic hydroxyl groups is 1.